The molecule has 0 aliphatic carbocycles. The Bertz CT molecular complexity index is 2080. The second kappa shape index (κ2) is 66.5. The van der Waals surface area contributed by atoms with Crippen LogP contribution < -0.4 is 10.2 Å². The predicted molar refractivity (Wildman–Crippen MR) is 385 cm³/mol. The molecule has 0 aliphatic rings. The summed E-state index contributed by atoms with van der Waals surface area (Å²) in [5.41, 5.74) is 0. The molecule has 3 atom stereocenters. The summed E-state index contributed by atoms with van der Waals surface area (Å²) in [4.78, 5) is 40.2. The van der Waals surface area contributed by atoms with E-state index in [0.717, 1.165) is 148 Å². The number of hydrogen-bond donors (Lipinski definition) is 1. The zero-order chi connectivity index (χ0) is 64.9. The van der Waals surface area contributed by atoms with Crippen molar-refractivity contribution in [2.75, 3.05) is 40.9 Å². The fourth-order valence-corrected chi connectivity index (χ4v) is 10.3. The molecule has 0 aromatic heterocycles. The van der Waals surface area contributed by atoms with E-state index in [2.05, 4.69) is 172 Å². The maximum absolute atomic E-state index is 13.6. The third kappa shape index (κ3) is 67.8. The summed E-state index contributed by atoms with van der Waals surface area (Å²) in [5.74, 6) is -0.588. The number of carbonyl (C=O) groups is 2. The maximum atomic E-state index is 13.6. The highest BCUT2D eigenvalue weighted by atomic mass is 31.2. The largest absolute Gasteiger partial charge is 0.756 e. The summed E-state index contributed by atoms with van der Waals surface area (Å²) < 4.78 is 30.4. The van der Waals surface area contributed by atoms with Crippen LogP contribution in [-0.2, 0) is 27.9 Å². The molecule has 0 heterocycles. The minimum absolute atomic E-state index is 0.0380. The number of phosphoric acid groups is 1. The van der Waals surface area contributed by atoms with Crippen molar-refractivity contribution in [3.05, 3.63) is 158 Å². The molecule has 0 aromatic rings. The minimum Gasteiger partial charge on any atom is -0.756 e. The Morgan fingerprint density at radius 1 is 0.404 bits per heavy atom. The van der Waals surface area contributed by atoms with E-state index < -0.39 is 26.6 Å². The Balaban J connectivity index is 5.20. The first-order valence-electron chi connectivity index (χ1n) is 35.8. The van der Waals surface area contributed by atoms with Gasteiger partial charge in [-0.15, -0.1) is 0 Å². The lowest BCUT2D eigenvalue weighted by molar-refractivity contribution is -0.870. The van der Waals surface area contributed by atoms with Crippen molar-refractivity contribution in [2.24, 2.45) is 0 Å². The molecule has 0 radical (unpaired) electrons. The van der Waals surface area contributed by atoms with Crippen molar-refractivity contribution in [3.8, 4) is 0 Å². The van der Waals surface area contributed by atoms with Gasteiger partial charge >= 0.3 is 5.97 Å². The summed E-state index contributed by atoms with van der Waals surface area (Å²) in [6.07, 6.45) is 97.9. The standard InChI is InChI=1S/C79H133N2O7P/c1-7-10-13-16-19-22-25-28-30-32-34-36-38-39-40-41-43-45-47-49-51-54-57-60-63-66-69-72-79(83)88-77(70-67-64-61-58-55-52-27-24-21-18-15-12-9-3)76(75-87-89(84,85)86-74-73-81(4,5)6)80-78(82)71-68-65-62-59-56-53-50-48-46-44-42-37-35-33-31-29-26-23-20-17-14-11-8-2/h10-11,13-14,19-20,22-23,28-31,34-37,39-40,43-46,50,53,67,70,76-77H,7-9,12,15-18,21,24-27,32-33,38,41-42,47-49,51-52,54-66,68-69,71-75H2,1-6H3,(H-,80,82,84,85)/b13-10-,14-11-,22-19-,23-20-,30-28-,31-29-,36-34-,37-35-,40-39-,45-43-,46-44-,53-50-,70-67+. The molecule has 0 aromatic carbocycles. The van der Waals surface area contributed by atoms with E-state index in [-0.39, 0.29) is 31.3 Å². The molecule has 10 heteroatoms. The summed E-state index contributed by atoms with van der Waals surface area (Å²) in [7, 11) is 1.14. The van der Waals surface area contributed by atoms with Crippen LogP contribution in [0.3, 0.4) is 0 Å². The van der Waals surface area contributed by atoms with Crippen LogP contribution in [0.5, 0.6) is 0 Å². The topological polar surface area (TPSA) is 114 Å². The molecular weight excluding hydrogens is 1120 g/mol. The summed E-state index contributed by atoms with van der Waals surface area (Å²) in [6.45, 7) is 6.59. The van der Waals surface area contributed by atoms with E-state index in [1.165, 1.54) is 83.5 Å². The Labute approximate surface area is 548 Å². The molecular formula is C79H133N2O7P. The van der Waals surface area contributed by atoms with Gasteiger partial charge < -0.3 is 28.5 Å². The molecule has 0 rings (SSSR count). The second-order valence-corrected chi connectivity index (χ2v) is 26.0. The van der Waals surface area contributed by atoms with Crippen LogP contribution >= 0.6 is 7.82 Å². The number of nitrogens with one attached hydrogen (secondary N) is 1. The highest BCUT2D eigenvalue weighted by molar-refractivity contribution is 7.45. The van der Waals surface area contributed by atoms with Crippen molar-refractivity contribution < 1.29 is 37.3 Å². The van der Waals surface area contributed by atoms with Gasteiger partial charge in [-0.25, -0.2) is 0 Å². The van der Waals surface area contributed by atoms with Gasteiger partial charge in [-0.05, 0) is 134 Å². The van der Waals surface area contributed by atoms with Crippen molar-refractivity contribution in [2.45, 2.75) is 290 Å². The molecule has 0 bridgehead atoms. The van der Waals surface area contributed by atoms with E-state index >= 15 is 0 Å². The lowest BCUT2D eigenvalue weighted by Gasteiger charge is -2.30. The molecule has 506 valence electrons. The molecule has 0 saturated heterocycles. The smallest absolute Gasteiger partial charge is 0.306 e. The van der Waals surface area contributed by atoms with E-state index in [4.69, 9.17) is 13.8 Å². The molecule has 0 aliphatic heterocycles. The number of hydrogen-bond acceptors (Lipinski definition) is 7. The Hall–Kier alpha value is -4.37. The van der Waals surface area contributed by atoms with Crippen LogP contribution in [0.25, 0.3) is 0 Å². The first-order valence-corrected chi connectivity index (χ1v) is 37.3. The summed E-state index contributed by atoms with van der Waals surface area (Å²) in [5, 5.41) is 3.02. The number of phosphoric ester groups is 1. The number of amides is 1. The van der Waals surface area contributed by atoms with Crippen molar-refractivity contribution in [3.63, 3.8) is 0 Å². The SMILES string of the molecule is CC/C=C\C/C=C\C/C=C\C/C=C\C/C=C\C/C=C\CCCCCCCCCCC(=O)OC(/C=C/CCCCCCCCCCCCC)C(COP(=O)([O-])OCC[N+](C)(C)C)NC(=O)CCCCCC/C=C\C/C=C\C/C=C\C/C=C\C/C=C\C/C=C\CC. The summed E-state index contributed by atoms with van der Waals surface area (Å²) in [6, 6.07) is -0.920. The second-order valence-electron chi connectivity index (χ2n) is 24.6. The Morgan fingerprint density at radius 2 is 0.719 bits per heavy atom. The number of ether oxygens (including phenoxy) is 1. The van der Waals surface area contributed by atoms with E-state index in [1.807, 2.05) is 33.3 Å². The normalized spacial score (nSPS) is 14.5. The Kier molecular flexibility index (Phi) is 63.3. The molecule has 1 N–H and O–H groups in total. The average Bonchev–Trinajstić information content (AvgIpc) is 3.63. The quantitative estimate of drug-likeness (QED) is 0.0212. The van der Waals surface area contributed by atoms with E-state index in [9.17, 15) is 19.0 Å². The van der Waals surface area contributed by atoms with E-state index in [0.29, 0.717) is 23.9 Å². The lowest BCUT2D eigenvalue weighted by atomic mass is 10.0. The van der Waals surface area contributed by atoms with Crippen LogP contribution in [0.4, 0.5) is 0 Å². The molecule has 0 spiro atoms. The highest BCUT2D eigenvalue weighted by Crippen LogP contribution is 2.38. The van der Waals surface area contributed by atoms with Crippen LogP contribution in [0, 0.1) is 0 Å². The van der Waals surface area contributed by atoms with Gasteiger partial charge in [0.1, 0.15) is 19.3 Å². The fourth-order valence-electron chi connectivity index (χ4n) is 9.53. The van der Waals surface area contributed by atoms with Crippen LogP contribution in [0.15, 0.2) is 158 Å². The summed E-state index contributed by atoms with van der Waals surface area (Å²) >= 11 is 0. The van der Waals surface area contributed by atoms with Gasteiger partial charge in [0, 0.05) is 12.8 Å². The zero-order valence-corrected chi connectivity index (χ0v) is 58.7. The third-order valence-corrected chi connectivity index (χ3v) is 15.9. The number of unbranched alkanes of at least 4 members (excludes halogenated alkanes) is 23. The molecule has 89 heavy (non-hydrogen) atoms. The first kappa shape index (κ1) is 84.6. The lowest BCUT2D eigenvalue weighted by Crippen LogP contribution is -2.47. The fraction of sp³-hybridized carbons (Fsp3) is 0.646. The number of carbonyl (C=O) groups excluding carboxylic acids is 2. The van der Waals surface area contributed by atoms with Gasteiger partial charge in [0.2, 0.25) is 5.91 Å². The number of esters is 1. The van der Waals surface area contributed by atoms with Crippen molar-refractivity contribution >= 4 is 19.7 Å². The first-order chi connectivity index (χ1) is 43.4. The number of rotatable bonds is 63. The number of allylic oxidation sites excluding steroid dienone is 25. The van der Waals surface area contributed by atoms with Crippen LogP contribution in [0.1, 0.15) is 278 Å². The molecule has 9 nitrogen and oxygen atoms in total. The minimum atomic E-state index is -4.73. The molecule has 0 fully saturated rings. The monoisotopic (exact) mass is 1250 g/mol. The van der Waals surface area contributed by atoms with Crippen molar-refractivity contribution in [1.29, 1.82) is 0 Å². The van der Waals surface area contributed by atoms with Gasteiger partial charge in [-0.3, -0.25) is 14.2 Å². The van der Waals surface area contributed by atoms with Gasteiger partial charge in [-0.2, -0.15) is 0 Å². The molecule has 3 unspecified atom stereocenters. The van der Waals surface area contributed by atoms with Gasteiger partial charge in [0.25, 0.3) is 7.82 Å². The third-order valence-electron chi connectivity index (χ3n) is 15.0. The van der Waals surface area contributed by atoms with Gasteiger partial charge in [0.15, 0.2) is 0 Å². The van der Waals surface area contributed by atoms with Crippen molar-refractivity contribution in [1.82, 2.24) is 5.32 Å². The maximum Gasteiger partial charge on any atom is 0.306 e. The molecule has 1 amide bonds. The zero-order valence-electron chi connectivity index (χ0n) is 57.8. The Morgan fingerprint density at radius 3 is 1.08 bits per heavy atom. The van der Waals surface area contributed by atoms with Gasteiger partial charge in [-0.1, -0.05) is 288 Å². The number of nitrogens with zero attached hydrogens (tertiary/aromatic N) is 1. The van der Waals surface area contributed by atoms with Gasteiger partial charge in [0.05, 0.1) is 33.8 Å². The number of quaternary nitrogens is 1. The van der Waals surface area contributed by atoms with E-state index in [1.54, 1.807) is 0 Å². The molecule has 0 saturated carbocycles. The van der Waals surface area contributed by atoms with Crippen LogP contribution in [-0.4, -0.2) is 69.4 Å². The number of likely N-dealkylation sites (N-methyl/N-ethyl adjacent to an activating group) is 1. The highest BCUT2D eigenvalue weighted by Gasteiger charge is 2.27. The average molecular weight is 1250 g/mol. The predicted octanol–water partition coefficient (Wildman–Crippen LogP) is 22.5. The van der Waals surface area contributed by atoms with Crippen LogP contribution in [0.2, 0.25) is 0 Å².